The first-order valence-corrected chi connectivity index (χ1v) is 6.08. The third kappa shape index (κ3) is 6.14. The summed E-state index contributed by atoms with van der Waals surface area (Å²) in [4.78, 5) is 25.1. The van der Waals surface area contributed by atoms with Gasteiger partial charge < -0.3 is 15.5 Å². The number of amides is 3. The second kappa shape index (κ2) is 6.47. The topological polar surface area (TPSA) is 61.4 Å². The molecule has 0 spiro atoms. The molecule has 0 aromatic heterocycles. The van der Waals surface area contributed by atoms with E-state index in [2.05, 4.69) is 10.6 Å². The molecule has 0 heterocycles. The number of hydrogen-bond donors (Lipinski definition) is 2. The molecule has 2 N–H and O–H groups in total. The fraction of sp³-hybridized carbons (Fsp3) is 0.833. The molecule has 3 amide bonds. The Kier molecular flexibility index (Phi) is 5.99. The van der Waals surface area contributed by atoms with Crippen molar-refractivity contribution < 1.29 is 9.59 Å². The average Bonchev–Trinajstić information content (AvgIpc) is 2.16. The Hall–Kier alpha value is -1.26. The zero-order valence-electron chi connectivity index (χ0n) is 11.8. The van der Waals surface area contributed by atoms with Gasteiger partial charge in [-0.2, -0.15) is 0 Å². The van der Waals surface area contributed by atoms with Crippen molar-refractivity contribution in [2.45, 2.75) is 53.1 Å². The number of hydrogen-bond acceptors (Lipinski definition) is 2. The van der Waals surface area contributed by atoms with E-state index in [9.17, 15) is 9.59 Å². The fourth-order valence-corrected chi connectivity index (χ4v) is 1.33. The van der Waals surface area contributed by atoms with Crippen molar-refractivity contribution >= 4 is 11.9 Å². The van der Waals surface area contributed by atoms with Crippen LogP contribution < -0.4 is 10.6 Å². The van der Waals surface area contributed by atoms with Crippen molar-refractivity contribution in [3.63, 3.8) is 0 Å². The molecular formula is C12H25N3O2. The molecule has 0 saturated heterocycles. The Bertz CT molecular complexity index is 267. The molecule has 0 saturated carbocycles. The Morgan fingerprint density at radius 3 is 2.00 bits per heavy atom. The molecule has 0 radical (unpaired) electrons. The molecule has 0 fully saturated rings. The minimum Gasteiger partial charge on any atom is -0.350 e. The SMILES string of the molecule is CCN(CC)C(=O)NC(C)C(=O)NC(C)(C)C. The van der Waals surface area contributed by atoms with Gasteiger partial charge in [-0.25, -0.2) is 4.79 Å². The largest absolute Gasteiger partial charge is 0.350 e. The van der Waals surface area contributed by atoms with E-state index in [0.717, 1.165) is 0 Å². The standard InChI is InChI=1S/C12H25N3O2/c1-7-15(8-2)11(17)13-9(3)10(16)14-12(4,5)6/h9H,7-8H2,1-6H3,(H,13,17)(H,14,16). The molecule has 5 nitrogen and oxygen atoms in total. The van der Waals surface area contributed by atoms with Gasteiger partial charge in [0.1, 0.15) is 6.04 Å². The van der Waals surface area contributed by atoms with Crippen LogP contribution in [0.3, 0.4) is 0 Å². The number of carbonyl (C=O) groups is 2. The highest BCUT2D eigenvalue weighted by Crippen LogP contribution is 1.99. The summed E-state index contributed by atoms with van der Waals surface area (Å²) in [5.41, 5.74) is -0.286. The highest BCUT2D eigenvalue weighted by Gasteiger charge is 2.21. The first kappa shape index (κ1) is 15.7. The van der Waals surface area contributed by atoms with Crippen molar-refractivity contribution in [2.75, 3.05) is 13.1 Å². The van der Waals surface area contributed by atoms with Crippen LogP contribution in [0.1, 0.15) is 41.5 Å². The van der Waals surface area contributed by atoms with Crippen molar-refractivity contribution in [1.82, 2.24) is 15.5 Å². The summed E-state index contributed by atoms with van der Waals surface area (Å²) >= 11 is 0. The fourth-order valence-electron chi connectivity index (χ4n) is 1.33. The van der Waals surface area contributed by atoms with Crippen LogP contribution in [0.15, 0.2) is 0 Å². The lowest BCUT2D eigenvalue weighted by Crippen LogP contribution is -2.53. The molecule has 0 aliphatic heterocycles. The van der Waals surface area contributed by atoms with Crippen molar-refractivity contribution in [3.8, 4) is 0 Å². The van der Waals surface area contributed by atoms with E-state index >= 15 is 0 Å². The van der Waals surface area contributed by atoms with Gasteiger partial charge in [-0.15, -0.1) is 0 Å². The van der Waals surface area contributed by atoms with Gasteiger partial charge >= 0.3 is 6.03 Å². The molecule has 0 rings (SSSR count). The second-order valence-electron chi connectivity index (χ2n) is 5.08. The zero-order valence-corrected chi connectivity index (χ0v) is 11.8. The summed E-state index contributed by atoms with van der Waals surface area (Å²) in [6.07, 6.45) is 0. The maximum atomic E-state index is 11.7. The minimum atomic E-state index is -0.526. The molecule has 1 unspecified atom stereocenters. The summed E-state index contributed by atoms with van der Waals surface area (Å²) in [6, 6.07) is -0.728. The van der Waals surface area contributed by atoms with E-state index in [-0.39, 0.29) is 17.5 Å². The third-order valence-corrected chi connectivity index (χ3v) is 2.28. The third-order valence-electron chi connectivity index (χ3n) is 2.28. The van der Waals surface area contributed by atoms with Crippen LogP contribution in [0, 0.1) is 0 Å². The lowest BCUT2D eigenvalue weighted by Gasteiger charge is -2.26. The van der Waals surface area contributed by atoms with Crippen LogP contribution in [0.2, 0.25) is 0 Å². The van der Waals surface area contributed by atoms with Crippen molar-refractivity contribution in [2.24, 2.45) is 0 Å². The maximum Gasteiger partial charge on any atom is 0.318 e. The minimum absolute atomic E-state index is 0.169. The average molecular weight is 243 g/mol. The normalized spacial score (nSPS) is 12.8. The summed E-state index contributed by atoms with van der Waals surface area (Å²) in [5, 5.41) is 5.51. The molecule has 0 aromatic carbocycles. The zero-order chi connectivity index (χ0) is 13.6. The maximum absolute atomic E-state index is 11.7. The number of nitrogens with one attached hydrogen (secondary N) is 2. The van der Waals surface area contributed by atoms with Gasteiger partial charge in [0.15, 0.2) is 0 Å². The van der Waals surface area contributed by atoms with E-state index in [1.54, 1.807) is 11.8 Å². The predicted molar refractivity (Wildman–Crippen MR) is 68.8 cm³/mol. The van der Waals surface area contributed by atoms with Crippen LogP contribution in [-0.4, -0.2) is 41.5 Å². The lowest BCUT2D eigenvalue weighted by atomic mass is 10.1. The van der Waals surface area contributed by atoms with E-state index in [0.29, 0.717) is 13.1 Å². The molecule has 0 aliphatic rings. The first-order valence-electron chi connectivity index (χ1n) is 6.08. The van der Waals surface area contributed by atoms with Crippen LogP contribution in [0.25, 0.3) is 0 Å². The van der Waals surface area contributed by atoms with E-state index in [4.69, 9.17) is 0 Å². The number of carbonyl (C=O) groups excluding carboxylic acids is 2. The molecule has 0 aromatic rings. The van der Waals surface area contributed by atoms with Gasteiger partial charge in [-0.1, -0.05) is 0 Å². The van der Waals surface area contributed by atoms with Crippen LogP contribution >= 0.6 is 0 Å². The number of nitrogens with zero attached hydrogens (tertiary/aromatic N) is 1. The molecule has 17 heavy (non-hydrogen) atoms. The molecule has 0 aliphatic carbocycles. The predicted octanol–water partition coefficient (Wildman–Crippen LogP) is 1.34. The summed E-state index contributed by atoms with van der Waals surface area (Å²) in [5.74, 6) is -0.169. The van der Waals surface area contributed by atoms with E-state index in [1.807, 2.05) is 34.6 Å². The van der Waals surface area contributed by atoms with Gasteiger partial charge in [0.25, 0.3) is 0 Å². The van der Waals surface area contributed by atoms with Crippen LogP contribution in [0.5, 0.6) is 0 Å². The van der Waals surface area contributed by atoms with E-state index in [1.165, 1.54) is 0 Å². The molecule has 100 valence electrons. The summed E-state index contributed by atoms with van der Waals surface area (Å²) in [6.45, 7) is 12.5. The Morgan fingerprint density at radius 2 is 1.65 bits per heavy atom. The van der Waals surface area contributed by atoms with Gasteiger partial charge in [0, 0.05) is 18.6 Å². The summed E-state index contributed by atoms with van der Waals surface area (Å²) < 4.78 is 0. The van der Waals surface area contributed by atoms with Gasteiger partial charge in [0.05, 0.1) is 0 Å². The van der Waals surface area contributed by atoms with Gasteiger partial charge in [0.2, 0.25) is 5.91 Å². The first-order chi connectivity index (χ1) is 7.71. The summed E-state index contributed by atoms with van der Waals surface area (Å²) in [7, 11) is 0. The Labute approximate surface area is 104 Å². The quantitative estimate of drug-likeness (QED) is 0.782. The van der Waals surface area contributed by atoms with Crippen molar-refractivity contribution in [3.05, 3.63) is 0 Å². The van der Waals surface area contributed by atoms with Gasteiger partial charge in [-0.05, 0) is 41.5 Å². The highest BCUT2D eigenvalue weighted by atomic mass is 16.2. The second-order valence-corrected chi connectivity index (χ2v) is 5.08. The Balaban J connectivity index is 4.30. The van der Waals surface area contributed by atoms with Gasteiger partial charge in [-0.3, -0.25) is 4.79 Å². The van der Waals surface area contributed by atoms with Crippen LogP contribution in [0.4, 0.5) is 4.79 Å². The number of urea groups is 1. The smallest absolute Gasteiger partial charge is 0.318 e. The van der Waals surface area contributed by atoms with E-state index < -0.39 is 6.04 Å². The Morgan fingerprint density at radius 1 is 1.18 bits per heavy atom. The molecule has 1 atom stereocenters. The molecule has 5 heteroatoms. The monoisotopic (exact) mass is 243 g/mol. The highest BCUT2D eigenvalue weighted by molar-refractivity contribution is 5.87. The molecule has 0 bridgehead atoms. The number of rotatable bonds is 4. The molecular weight excluding hydrogens is 218 g/mol. The van der Waals surface area contributed by atoms with Crippen molar-refractivity contribution in [1.29, 1.82) is 0 Å². The lowest BCUT2D eigenvalue weighted by molar-refractivity contribution is -0.124. The van der Waals surface area contributed by atoms with Crippen LogP contribution in [-0.2, 0) is 4.79 Å².